The van der Waals surface area contributed by atoms with Gasteiger partial charge >= 0.3 is 0 Å². The first kappa shape index (κ1) is 4.30. The number of nitrogens with two attached hydrogens (primary N) is 1. The molecule has 0 fully saturated rings. The minimum absolute atomic E-state index is 1.10. The Bertz CT molecular complexity index is 145. The molecule has 0 bridgehead atoms. The lowest BCUT2D eigenvalue weighted by Crippen LogP contribution is -2.28. The summed E-state index contributed by atoms with van der Waals surface area (Å²) < 4.78 is 1.81. The van der Waals surface area contributed by atoms with E-state index in [1.807, 2.05) is 24.9 Å². The molecule has 0 aliphatic carbocycles. The molecule has 1 rings (SSSR count). The van der Waals surface area contributed by atoms with Crippen molar-refractivity contribution in [2.75, 3.05) is 5.84 Å². The van der Waals surface area contributed by atoms with Crippen LogP contribution in [0.2, 0.25) is 0 Å². The monoisotopic (exact) mass is 99.1 g/mol. The molecule has 3 nitrogen and oxygen atoms in total. The van der Waals surface area contributed by atoms with E-state index in [1.165, 1.54) is 0 Å². The highest BCUT2D eigenvalue weighted by molar-refractivity contribution is 4.94. The van der Waals surface area contributed by atoms with E-state index < -0.39 is 0 Å². The molecule has 0 atom stereocenters. The van der Waals surface area contributed by atoms with Crippen LogP contribution in [0.1, 0.15) is 5.69 Å². The molecule has 0 aromatic carbocycles. The second-order valence-corrected chi connectivity index (χ2v) is 1.69. The largest absolute Gasteiger partial charge is 0.325 e. The summed E-state index contributed by atoms with van der Waals surface area (Å²) in [6.07, 6.45) is 1.96. The number of nitrogen functional groups attached to an aromatic ring is 1. The van der Waals surface area contributed by atoms with E-state index in [9.17, 15) is 0 Å². The molecule has 0 unspecified atom stereocenters. The molecular weight excluding hydrogens is 90.1 g/mol. The van der Waals surface area contributed by atoms with Gasteiger partial charge in [-0.1, -0.05) is 0 Å². The van der Waals surface area contributed by atoms with Gasteiger partial charge in [-0.2, -0.15) is 0 Å². The predicted octanol–water partition coefficient (Wildman–Crippen LogP) is -0.151. The van der Waals surface area contributed by atoms with E-state index in [0.717, 1.165) is 5.69 Å². The maximum atomic E-state index is 5.36. The zero-order valence-corrected chi connectivity index (χ0v) is 4.55. The Morgan fingerprint density at radius 2 is 2.29 bits per heavy atom. The summed E-state index contributed by atoms with van der Waals surface area (Å²) in [4.78, 5) is 1.58. The van der Waals surface area contributed by atoms with Gasteiger partial charge in [0, 0.05) is 13.2 Å². The fourth-order valence-corrected chi connectivity index (χ4v) is 0.584. The number of aryl methyl sites for hydroxylation is 2. The van der Waals surface area contributed by atoms with Crippen molar-refractivity contribution in [2.45, 2.75) is 6.92 Å². The van der Waals surface area contributed by atoms with Crippen LogP contribution >= 0.6 is 0 Å². The third-order valence-electron chi connectivity index (χ3n) is 1.07. The smallest absolute Gasteiger partial charge is 0.0728 e. The summed E-state index contributed by atoms with van der Waals surface area (Å²) in [6, 6.07) is 0. The lowest BCUT2D eigenvalue weighted by Gasteiger charge is -2.15. The third kappa shape index (κ3) is 0.408. The normalized spacial score (nSPS) is 10.0. The van der Waals surface area contributed by atoms with E-state index in [4.69, 9.17) is 5.84 Å². The van der Waals surface area contributed by atoms with Crippen LogP contribution in [0.25, 0.3) is 0 Å². The average molecular weight is 99.1 g/mol. The summed E-state index contributed by atoms with van der Waals surface area (Å²) in [5.74, 6) is 5.36. The molecule has 0 saturated carbocycles. The van der Waals surface area contributed by atoms with E-state index >= 15 is 0 Å². The SMILES string of the molecule is Cc1cn(C)n1N. The molecular formula is C4H9N3. The highest BCUT2D eigenvalue weighted by atomic mass is 15.6. The summed E-state index contributed by atoms with van der Waals surface area (Å²) >= 11 is 0. The van der Waals surface area contributed by atoms with E-state index in [0.29, 0.717) is 0 Å². The van der Waals surface area contributed by atoms with Gasteiger partial charge in [-0.3, -0.25) is 4.68 Å². The number of hydrogen-bond acceptors (Lipinski definition) is 1. The van der Waals surface area contributed by atoms with Gasteiger partial charge in [0.05, 0.1) is 5.69 Å². The third-order valence-corrected chi connectivity index (χ3v) is 1.07. The summed E-state index contributed by atoms with van der Waals surface area (Å²) in [5, 5.41) is 0. The minimum atomic E-state index is 1.10. The van der Waals surface area contributed by atoms with Crippen molar-refractivity contribution in [3.8, 4) is 0 Å². The molecule has 40 valence electrons. The van der Waals surface area contributed by atoms with Crippen LogP contribution in [-0.4, -0.2) is 9.47 Å². The molecule has 0 saturated heterocycles. The topological polar surface area (TPSA) is 35.9 Å². The standard InChI is InChI=1S/C4H9N3/c1-4-3-6(2)7(4)5/h3H,5H2,1-2H3. The fourth-order valence-electron chi connectivity index (χ4n) is 0.584. The lowest BCUT2D eigenvalue weighted by molar-refractivity contribution is 0.534. The lowest BCUT2D eigenvalue weighted by atomic mass is 10.5. The van der Waals surface area contributed by atoms with Crippen molar-refractivity contribution in [1.29, 1.82) is 0 Å². The fraction of sp³-hybridized carbons (Fsp3) is 0.500. The quantitative estimate of drug-likeness (QED) is 0.451. The molecule has 1 aromatic heterocycles. The van der Waals surface area contributed by atoms with Crippen LogP contribution in [-0.2, 0) is 7.05 Å². The van der Waals surface area contributed by atoms with Crippen LogP contribution in [0.4, 0.5) is 0 Å². The van der Waals surface area contributed by atoms with Crippen molar-refractivity contribution >= 4 is 0 Å². The van der Waals surface area contributed by atoms with Gasteiger partial charge in [-0.15, -0.1) is 0 Å². The van der Waals surface area contributed by atoms with Crippen LogP contribution in [0.3, 0.4) is 0 Å². The first-order chi connectivity index (χ1) is 3.22. The van der Waals surface area contributed by atoms with Crippen molar-refractivity contribution in [3.05, 3.63) is 11.9 Å². The molecule has 1 heterocycles. The summed E-state index contributed by atoms with van der Waals surface area (Å²) in [7, 11) is 1.90. The van der Waals surface area contributed by atoms with E-state index in [1.54, 1.807) is 4.79 Å². The van der Waals surface area contributed by atoms with Crippen molar-refractivity contribution in [1.82, 2.24) is 9.47 Å². The Morgan fingerprint density at radius 1 is 1.71 bits per heavy atom. The second-order valence-electron chi connectivity index (χ2n) is 1.69. The first-order valence-corrected chi connectivity index (χ1v) is 2.18. The maximum Gasteiger partial charge on any atom is 0.0728 e. The molecule has 2 N–H and O–H groups in total. The molecule has 0 aliphatic rings. The first-order valence-electron chi connectivity index (χ1n) is 2.18. The number of rotatable bonds is 0. The highest BCUT2D eigenvalue weighted by Crippen LogP contribution is 1.92. The maximum absolute atomic E-state index is 5.36. The van der Waals surface area contributed by atoms with Gasteiger partial charge in [-0.05, 0) is 6.92 Å². The second kappa shape index (κ2) is 1.05. The molecule has 0 amide bonds. The van der Waals surface area contributed by atoms with Gasteiger partial charge in [-0.25, -0.2) is 4.79 Å². The molecule has 0 aliphatic heterocycles. The van der Waals surface area contributed by atoms with Gasteiger partial charge in [0.2, 0.25) is 0 Å². The van der Waals surface area contributed by atoms with Crippen molar-refractivity contribution in [3.63, 3.8) is 0 Å². The van der Waals surface area contributed by atoms with Crippen LogP contribution in [0, 0.1) is 6.92 Å². The Kier molecular flexibility index (Phi) is 0.648. The Hall–Kier alpha value is -0.860. The zero-order chi connectivity index (χ0) is 5.44. The Labute approximate surface area is 42.3 Å². The molecule has 7 heavy (non-hydrogen) atoms. The van der Waals surface area contributed by atoms with E-state index in [-0.39, 0.29) is 0 Å². The van der Waals surface area contributed by atoms with Gasteiger partial charge in [0.1, 0.15) is 0 Å². The van der Waals surface area contributed by atoms with Crippen LogP contribution < -0.4 is 5.84 Å². The number of nitrogens with zero attached hydrogens (tertiary/aromatic N) is 2. The van der Waals surface area contributed by atoms with Gasteiger partial charge in [0.15, 0.2) is 0 Å². The zero-order valence-electron chi connectivity index (χ0n) is 4.55. The molecule has 0 radical (unpaired) electrons. The number of aromatic nitrogens is 2. The van der Waals surface area contributed by atoms with Crippen molar-refractivity contribution < 1.29 is 0 Å². The Balaban J connectivity index is 2.92. The van der Waals surface area contributed by atoms with Crippen molar-refractivity contribution in [2.24, 2.45) is 7.05 Å². The van der Waals surface area contributed by atoms with Crippen LogP contribution in [0.15, 0.2) is 6.20 Å². The molecule has 3 heteroatoms. The Morgan fingerprint density at radius 3 is 2.29 bits per heavy atom. The number of hydrogen-bond donors (Lipinski definition) is 1. The highest BCUT2D eigenvalue weighted by Gasteiger charge is 1.93. The van der Waals surface area contributed by atoms with Gasteiger partial charge in [0.25, 0.3) is 0 Å². The molecule has 0 spiro atoms. The average Bonchev–Trinajstić information content (AvgIpc) is 1.68. The van der Waals surface area contributed by atoms with E-state index in [2.05, 4.69) is 0 Å². The van der Waals surface area contributed by atoms with Gasteiger partial charge < -0.3 is 5.84 Å². The molecule has 1 aromatic rings. The summed E-state index contributed by atoms with van der Waals surface area (Å²) in [5.41, 5.74) is 1.10. The van der Waals surface area contributed by atoms with Crippen LogP contribution in [0.5, 0.6) is 0 Å². The summed E-state index contributed by atoms with van der Waals surface area (Å²) in [6.45, 7) is 1.96. The minimum Gasteiger partial charge on any atom is -0.325 e. The predicted molar refractivity (Wildman–Crippen MR) is 28.3 cm³/mol.